The molecule has 0 amide bonds. The van der Waals surface area contributed by atoms with Gasteiger partial charge in [-0.1, -0.05) is 12.1 Å². The minimum Gasteiger partial charge on any atom is -0.497 e. The standard InChI is InChI=1S/C29H28F3N3O7S/c1-19-26(33-28(42-19)21-7-9-22(10-8-21)29(30,31)32)18-41-25-6-4-5-20(15-25)16-35(17-27(36)37)43(38,39)34(2)23-11-13-24(40-3)14-12-23/h4-15H,16-18H2,1-3H3,(H,36,37). The Morgan fingerprint density at radius 3 is 2.30 bits per heavy atom. The van der Waals surface area contributed by atoms with Crippen molar-refractivity contribution in [2.75, 3.05) is 25.0 Å². The zero-order chi connectivity index (χ0) is 31.4. The fraction of sp³-hybridized carbons (Fsp3) is 0.241. The molecule has 0 aliphatic carbocycles. The highest BCUT2D eigenvalue weighted by molar-refractivity contribution is 7.90. The summed E-state index contributed by atoms with van der Waals surface area (Å²) in [5.74, 6) is 0.0995. The van der Waals surface area contributed by atoms with E-state index in [4.69, 9.17) is 13.9 Å². The molecule has 3 aromatic carbocycles. The maximum absolute atomic E-state index is 13.4. The summed E-state index contributed by atoms with van der Waals surface area (Å²) < 4.78 is 83.8. The van der Waals surface area contributed by atoms with Crippen molar-refractivity contribution in [3.8, 4) is 23.0 Å². The van der Waals surface area contributed by atoms with Crippen molar-refractivity contribution in [2.24, 2.45) is 0 Å². The SMILES string of the molecule is COc1ccc(N(C)S(=O)(=O)N(CC(=O)O)Cc2cccc(OCc3nc(-c4ccc(C(F)(F)F)cc4)oc3C)c2)cc1. The molecule has 0 unspecified atom stereocenters. The van der Waals surface area contributed by atoms with Crippen LogP contribution in [0, 0.1) is 6.92 Å². The maximum Gasteiger partial charge on any atom is 0.416 e. The van der Waals surface area contributed by atoms with Crippen molar-refractivity contribution in [1.29, 1.82) is 0 Å². The predicted octanol–water partition coefficient (Wildman–Crippen LogP) is 5.52. The Bertz CT molecular complexity index is 1670. The Balaban J connectivity index is 1.47. The van der Waals surface area contributed by atoms with E-state index >= 15 is 0 Å². The molecular weight excluding hydrogens is 591 g/mol. The Kier molecular flexibility index (Phi) is 9.30. The summed E-state index contributed by atoms with van der Waals surface area (Å²) in [7, 11) is -1.45. The number of anilines is 1. The molecule has 0 spiro atoms. The number of methoxy groups -OCH3 is 1. The number of aryl methyl sites for hydroxylation is 1. The molecule has 14 heteroatoms. The van der Waals surface area contributed by atoms with Crippen molar-refractivity contribution in [3.63, 3.8) is 0 Å². The highest BCUT2D eigenvalue weighted by atomic mass is 32.2. The van der Waals surface area contributed by atoms with E-state index in [1.54, 1.807) is 55.5 Å². The fourth-order valence-electron chi connectivity index (χ4n) is 4.04. The van der Waals surface area contributed by atoms with Crippen LogP contribution < -0.4 is 13.8 Å². The molecule has 0 aliphatic heterocycles. The molecule has 1 aromatic heterocycles. The van der Waals surface area contributed by atoms with Gasteiger partial charge in [0.2, 0.25) is 5.89 Å². The Morgan fingerprint density at radius 2 is 1.70 bits per heavy atom. The lowest BCUT2D eigenvalue weighted by Crippen LogP contribution is -2.44. The van der Waals surface area contributed by atoms with E-state index in [2.05, 4.69) is 4.98 Å². The van der Waals surface area contributed by atoms with Gasteiger partial charge in [0.05, 0.1) is 18.4 Å². The van der Waals surface area contributed by atoms with Crippen molar-refractivity contribution in [1.82, 2.24) is 9.29 Å². The largest absolute Gasteiger partial charge is 0.497 e. The highest BCUT2D eigenvalue weighted by Gasteiger charge is 2.31. The van der Waals surface area contributed by atoms with E-state index in [0.29, 0.717) is 39.8 Å². The summed E-state index contributed by atoms with van der Waals surface area (Å²) in [6.07, 6.45) is -4.46. The topological polar surface area (TPSA) is 122 Å². The molecule has 0 saturated heterocycles. The van der Waals surface area contributed by atoms with Crippen molar-refractivity contribution >= 4 is 21.9 Å². The normalized spacial score (nSPS) is 11.9. The number of rotatable bonds is 12. The van der Waals surface area contributed by atoms with Gasteiger partial charge in [-0.25, -0.2) is 4.98 Å². The number of aromatic nitrogens is 1. The van der Waals surface area contributed by atoms with Gasteiger partial charge in [-0.15, -0.1) is 0 Å². The fourth-order valence-corrected chi connectivity index (χ4v) is 5.36. The molecular formula is C29H28F3N3O7S. The lowest BCUT2D eigenvalue weighted by atomic mass is 10.1. The van der Waals surface area contributed by atoms with Crippen molar-refractivity contribution < 1.29 is 45.4 Å². The number of ether oxygens (including phenoxy) is 2. The van der Waals surface area contributed by atoms with E-state index in [0.717, 1.165) is 20.7 Å². The molecule has 0 saturated carbocycles. The third-order valence-electron chi connectivity index (χ3n) is 6.40. The number of nitrogens with zero attached hydrogens (tertiary/aromatic N) is 3. The Morgan fingerprint density at radius 1 is 1.02 bits per heavy atom. The van der Waals surface area contributed by atoms with Crippen LogP contribution in [0.5, 0.6) is 11.5 Å². The molecule has 0 fully saturated rings. The summed E-state index contributed by atoms with van der Waals surface area (Å²) in [6, 6.07) is 17.2. The molecule has 0 radical (unpaired) electrons. The van der Waals surface area contributed by atoms with Crippen LogP contribution in [0.25, 0.3) is 11.5 Å². The molecule has 43 heavy (non-hydrogen) atoms. The highest BCUT2D eigenvalue weighted by Crippen LogP contribution is 2.31. The molecule has 0 atom stereocenters. The van der Waals surface area contributed by atoms with Crippen molar-refractivity contribution in [3.05, 3.63) is 95.4 Å². The number of hydrogen-bond acceptors (Lipinski definition) is 7. The molecule has 1 N–H and O–H groups in total. The molecule has 0 bridgehead atoms. The van der Waals surface area contributed by atoms with Gasteiger partial charge >= 0.3 is 22.4 Å². The van der Waals surface area contributed by atoms with Crippen LogP contribution in [-0.4, -0.2) is 49.5 Å². The first-order valence-corrected chi connectivity index (χ1v) is 14.1. The third-order valence-corrected chi connectivity index (χ3v) is 8.22. The smallest absolute Gasteiger partial charge is 0.416 e. The van der Waals surface area contributed by atoms with Gasteiger partial charge in [0.1, 0.15) is 36.1 Å². The van der Waals surface area contributed by atoms with Gasteiger partial charge in [0.25, 0.3) is 0 Å². The van der Waals surface area contributed by atoms with Crippen LogP contribution in [0.1, 0.15) is 22.6 Å². The number of oxazole rings is 1. The number of alkyl halides is 3. The zero-order valence-corrected chi connectivity index (χ0v) is 24.1. The van der Waals surface area contributed by atoms with E-state index in [1.807, 2.05) is 0 Å². The average Bonchev–Trinajstić information content (AvgIpc) is 3.35. The van der Waals surface area contributed by atoms with Gasteiger partial charge in [-0.2, -0.15) is 25.9 Å². The molecule has 4 rings (SSSR count). The Labute approximate surface area is 246 Å². The van der Waals surface area contributed by atoms with E-state index in [-0.39, 0.29) is 19.0 Å². The second kappa shape index (κ2) is 12.8. The maximum atomic E-state index is 13.4. The number of benzene rings is 3. The monoisotopic (exact) mass is 619 g/mol. The lowest BCUT2D eigenvalue weighted by molar-refractivity contribution is -0.138. The third kappa shape index (κ3) is 7.64. The van der Waals surface area contributed by atoms with Crippen LogP contribution in [0.15, 0.2) is 77.2 Å². The van der Waals surface area contributed by atoms with Crippen LogP contribution in [0.3, 0.4) is 0 Å². The molecule has 4 aromatic rings. The molecule has 0 aliphatic rings. The number of hydrogen-bond donors (Lipinski definition) is 1. The minimum atomic E-state index is -4.46. The first-order chi connectivity index (χ1) is 20.3. The lowest BCUT2D eigenvalue weighted by Gasteiger charge is -2.28. The second-order valence-corrected chi connectivity index (χ2v) is 11.3. The van der Waals surface area contributed by atoms with Gasteiger partial charge in [-0.05, 0) is 73.2 Å². The van der Waals surface area contributed by atoms with Gasteiger partial charge in [0.15, 0.2) is 0 Å². The van der Waals surface area contributed by atoms with Crippen LogP contribution in [-0.2, 0) is 34.3 Å². The summed E-state index contributed by atoms with van der Waals surface area (Å²) in [5.41, 5.74) is 0.768. The number of carboxylic acid groups (broad SMARTS) is 1. The van der Waals surface area contributed by atoms with Gasteiger partial charge < -0.3 is 19.0 Å². The zero-order valence-electron chi connectivity index (χ0n) is 23.3. The number of aliphatic carboxylic acids is 1. The summed E-state index contributed by atoms with van der Waals surface area (Å²) in [4.78, 5) is 15.9. The Hall–Kier alpha value is -4.56. The number of halogens is 3. The molecule has 228 valence electrons. The second-order valence-electron chi connectivity index (χ2n) is 9.37. The average molecular weight is 620 g/mol. The molecule has 1 heterocycles. The number of carbonyl (C=O) groups is 1. The first kappa shape index (κ1) is 31.4. The van der Waals surface area contributed by atoms with Crippen LogP contribution in [0.2, 0.25) is 0 Å². The van der Waals surface area contributed by atoms with E-state index < -0.39 is 34.5 Å². The number of carboxylic acids is 1. The van der Waals surface area contributed by atoms with E-state index in [9.17, 15) is 31.5 Å². The van der Waals surface area contributed by atoms with Gasteiger partial charge in [-0.3, -0.25) is 9.10 Å². The quantitative estimate of drug-likeness (QED) is 0.220. The summed E-state index contributed by atoms with van der Waals surface area (Å²) in [6.45, 7) is 0.562. The van der Waals surface area contributed by atoms with Gasteiger partial charge in [0, 0.05) is 19.2 Å². The summed E-state index contributed by atoms with van der Waals surface area (Å²) >= 11 is 0. The first-order valence-electron chi connectivity index (χ1n) is 12.7. The van der Waals surface area contributed by atoms with Crippen LogP contribution in [0.4, 0.5) is 18.9 Å². The van der Waals surface area contributed by atoms with Crippen molar-refractivity contribution in [2.45, 2.75) is 26.3 Å². The minimum absolute atomic E-state index is 0.0449. The van der Waals surface area contributed by atoms with E-state index in [1.165, 1.54) is 26.3 Å². The van der Waals surface area contributed by atoms with Crippen LogP contribution >= 0.6 is 0 Å². The summed E-state index contributed by atoms with van der Waals surface area (Å²) in [5, 5.41) is 9.44. The molecule has 10 nitrogen and oxygen atoms in total. The predicted molar refractivity (Wildman–Crippen MR) is 151 cm³/mol.